The molecule has 0 bridgehead atoms. The van der Waals surface area contributed by atoms with E-state index in [9.17, 15) is 0 Å². The molecule has 1 saturated heterocycles. The molecule has 0 aromatic carbocycles. The van der Waals surface area contributed by atoms with Crippen molar-refractivity contribution in [1.82, 2.24) is 4.90 Å². The Hall–Kier alpha value is -0.610. The Bertz CT molecular complexity index is 198. The second-order valence-electron chi connectivity index (χ2n) is 4.49. The molecule has 1 fully saturated rings. The number of hydrogen-bond acceptors (Lipinski definition) is 3. The van der Waals surface area contributed by atoms with Crippen LogP contribution in [0.25, 0.3) is 0 Å². The van der Waals surface area contributed by atoms with Crippen molar-refractivity contribution in [3.05, 3.63) is 0 Å². The van der Waals surface area contributed by atoms with Crippen LogP contribution >= 0.6 is 0 Å². The van der Waals surface area contributed by atoms with Crippen LogP contribution in [0.4, 0.5) is 0 Å². The topological polar surface area (TPSA) is 62.3 Å². The van der Waals surface area contributed by atoms with Crippen molar-refractivity contribution in [3.63, 3.8) is 0 Å². The van der Waals surface area contributed by atoms with Crippen molar-refractivity contribution in [2.45, 2.75) is 32.8 Å². The molecular formula is C11H23N3O. The molecule has 0 radical (unpaired) electrons. The van der Waals surface area contributed by atoms with Crippen LogP contribution in [0.5, 0.6) is 0 Å². The van der Waals surface area contributed by atoms with Gasteiger partial charge in [0.2, 0.25) is 0 Å². The Balaban J connectivity index is 2.12. The lowest BCUT2D eigenvalue weighted by atomic mass is 9.96. The molecule has 1 heterocycles. The molecule has 0 spiro atoms. The molecule has 4 nitrogen and oxygen atoms in total. The highest BCUT2D eigenvalue weighted by Crippen LogP contribution is 2.16. The monoisotopic (exact) mass is 213 g/mol. The van der Waals surface area contributed by atoms with Gasteiger partial charge in [-0.1, -0.05) is 0 Å². The van der Waals surface area contributed by atoms with Gasteiger partial charge in [-0.15, -0.1) is 0 Å². The molecule has 0 aliphatic carbocycles. The lowest BCUT2D eigenvalue weighted by molar-refractivity contribution is 0.0532. The molecule has 4 heteroatoms. The van der Waals surface area contributed by atoms with Gasteiger partial charge in [0.25, 0.3) is 0 Å². The normalized spacial score (nSPS) is 19.7. The fourth-order valence-corrected chi connectivity index (χ4v) is 1.89. The van der Waals surface area contributed by atoms with Gasteiger partial charge in [0.1, 0.15) is 0 Å². The van der Waals surface area contributed by atoms with E-state index in [1.54, 1.807) is 0 Å². The average molecular weight is 213 g/mol. The fraction of sp³-hybridized carbons (Fsp3) is 0.909. The second-order valence-corrected chi connectivity index (χ2v) is 4.49. The molecule has 1 aliphatic heterocycles. The molecule has 15 heavy (non-hydrogen) atoms. The first-order valence-electron chi connectivity index (χ1n) is 5.77. The third-order valence-corrected chi connectivity index (χ3v) is 2.89. The minimum atomic E-state index is 0.312. The summed E-state index contributed by atoms with van der Waals surface area (Å²) >= 11 is 0. The van der Waals surface area contributed by atoms with Crippen molar-refractivity contribution in [1.29, 1.82) is 5.41 Å². The van der Waals surface area contributed by atoms with E-state index in [-0.39, 0.29) is 0 Å². The Morgan fingerprint density at radius 1 is 1.47 bits per heavy atom. The molecule has 3 N–H and O–H groups in total. The predicted octanol–water partition coefficient (Wildman–Crippen LogP) is 1.06. The van der Waals surface area contributed by atoms with Crippen molar-refractivity contribution in [2.75, 3.05) is 26.2 Å². The number of piperidine rings is 1. The summed E-state index contributed by atoms with van der Waals surface area (Å²) in [5.41, 5.74) is 5.49. The maximum atomic E-state index is 7.38. The van der Waals surface area contributed by atoms with Gasteiger partial charge >= 0.3 is 0 Å². The third-order valence-electron chi connectivity index (χ3n) is 2.89. The second kappa shape index (κ2) is 6.08. The molecule has 0 aromatic heterocycles. The Labute approximate surface area is 92.3 Å². The van der Waals surface area contributed by atoms with Crippen molar-refractivity contribution in [3.8, 4) is 0 Å². The first-order chi connectivity index (χ1) is 7.09. The summed E-state index contributed by atoms with van der Waals surface area (Å²) in [6.07, 6.45) is 2.37. The van der Waals surface area contributed by atoms with Gasteiger partial charge in [0, 0.05) is 12.5 Å². The molecule has 0 amide bonds. The molecule has 0 aromatic rings. The maximum Gasteiger partial charge on any atom is 0.0937 e. The van der Waals surface area contributed by atoms with Crippen LogP contribution in [0, 0.1) is 11.3 Å². The van der Waals surface area contributed by atoms with Gasteiger partial charge in [0.05, 0.1) is 18.5 Å². The zero-order valence-corrected chi connectivity index (χ0v) is 9.83. The van der Waals surface area contributed by atoms with E-state index in [0.717, 1.165) is 39.1 Å². The van der Waals surface area contributed by atoms with Gasteiger partial charge in [0.15, 0.2) is 0 Å². The smallest absolute Gasteiger partial charge is 0.0937 e. The molecular weight excluding hydrogens is 190 g/mol. The lowest BCUT2D eigenvalue weighted by Gasteiger charge is -2.31. The van der Waals surface area contributed by atoms with Crippen LogP contribution in [0.3, 0.4) is 0 Å². The highest BCUT2D eigenvalue weighted by molar-refractivity contribution is 5.79. The van der Waals surface area contributed by atoms with E-state index in [1.165, 1.54) is 0 Å². The first-order valence-corrected chi connectivity index (χ1v) is 5.77. The quantitative estimate of drug-likeness (QED) is 0.530. The van der Waals surface area contributed by atoms with Gasteiger partial charge in [-0.2, -0.15) is 0 Å². The Morgan fingerprint density at radius 2 is 2.07 bits per heavy atom. The largest absolute Gasteiger partial charge is 0.387 e. The number of amidine groups is 1. The van der Waals surface area contributed by atoms with Crippen molar-refractivity contribution in [2.24, 2.45) is 11.7 Å². The van der Waals surface area contributed by atoms with Gasteiger partial charge in [-0.3, -0.25) is 5.41 Å². The van der Waals surface area contributed by atoms with Crippen molar-refractivity contribution >= 4 is 5.84 Å². The minimum Gasteiger partial charge on any atom is -0.387 e. The Kier molecular flexibility index (Phi) is 5.05. The summed E-state index contributed by atoms with van der Waals surface area (Å²) < 4.78 is 5.51. The predicted molar refractivity (Wildman–Crippen MR) is 62.2 cm³/mol. The van der Waals surface area contributed by atoms with E-state index in [1.807, 2.05) is 0 Å². The number of nitrogens with one attached hydrogen (secondary N) is 1. The van der Waals surface area contributed by atoms with Crippen LogP contribution in [0.15, 0.2) is 0 Å². The fourth-order valence-electron chi connectivity index (χ4n) is 1.89. The van der Waals surface area contributed by atoms with E-state index in [2.05, 4.69) is 18.7 Å². The van der Waals surface area contributed by atoms with E-state index >= 15 is 0 Å². The number of nitrogens with two attached hydrogens (primary N) is 1. The number of rotatable bonds is 5. The Morgan fingerprint density at radius 3 is 2.53 bits per heavy atom. The van der Waals surface area contributed by atoms with Gasteiger partial charge < -0.3 is 15.4 Å². The molecule has 88 valence electrons. The van der Waals surface area contributed by atoms with E-state index in [4.69, 9.17) is 15.9 Å². The average Bonchev–Trinajstić information content (AvgIpc) is 2.18. The molecule has 1 rings (SSSR count). The highest BCUT2D eigenvalue weighted by atomic mass is 16.5. The number of hydrogen-bond donors (Lipinski definition) is 2. The van der Waals surface area contributed by atoms with E-state index < -0.39 is 0 Å². The van der Waals surface area contributed by atoms with Crippen LogP contribution in [0.1, 0.15) is 26.7 Å². The van der Waals surface area contributed by atoms with E-state index in [0.29, 0.717) is 17.9 Å². The third kappa shape index (κ3) is 4.62. The van der Waals surface area contributed by atoms with Gasteiger partial charge in [-0.25, -0.2) is 0 Å². The molecule has 0 atom stereocenters. The van der Waals surface area contributed by atoms with Crippen LogP contribution in [0.2, 0.25) is 0 Å². The summed E-state index contributed by atoms with van der Waals surface area (Å²) in [5, 5.41) is 7.38. The van der Waals surface area contributed by atoms with Gasteiger partial charge in [-0.05, 0) is 39.8 Å². The number of likely N-dealkylation sites (tertiary alicyclic amines) is 1. The zero-order valence-electron chi connectivity index (χ0n) is 9.83. The summed E-state index contributed by atoms with van der Waals surface area (Å²) in [6, 6.07) is 0. The number of nitrogens with zero attached hydrogens (tertiary/aromatic N) is 1. The minimum absolute atomic E-state index is 0.312. The zero-order chi connectivity index (χ0) is 11.3. The lowest BCUT2D eigenvalue weighted by Crippen LogP contribution is -2.39. The molecule has 0 unspecified atom stereocenters. The highest BCUT2D eigenvalue weighted by Gasteiger charge is 2.20. The SMILES string of the molecule is CC(C)OCCN1CCC(C(=N)N)CC1. The summed E-state index contributed by atoms with van der Waals surface area (Å²) in [7, 11) is 0. The van der Waals surface area contributed by atoms with Crippen LogP contribution in [-0.2, 0) is 4.74 Å². The standard InChI is InChI=1S/C11H23N3O/c1-9(2)15-8-7-14-5-3-10(4-6-14)11(12)13/h9-10H,3-8H2,1-2H3,(H3,12,13). The number of ether oxygens (including phenoxy) is 1. The van der Waals surface area contributed by atoms with Crippen LogP contribution in [-0.4, -0.2) is 43.1 Å². The van der Waals surface area contributed by atoms with Crippen LogP contribution < -0.4 is 5.73 Å². The molecule has 0 saturated carbocycles. The van der Waals surface area contributed by atoms with Crippen molar-refractivity contribution < 1.29 is 4.74 Å². The molecule has 1 aliphatic rings. The summed E-state index contributed by atoms with van der Waals surface area (Å²) in [4.78, 5) is 2.39. The summed E-state index contributed by atoms with van der Waals surface area (Å²) in [5.74, 6) is 0.667. The summed E-state index contributed by atoms with van der Waals surface area (Å²) in [6.45, 7) is 8.02. The maximum absolute atomic E-state index is 7.38. The first kappa shape index (κ1) is 12.5.